The molecule has 0 radical (unpaired) electrons. The van der Waals surface area contributed by atoms with E-state index in [1.807, 2.05) is 0 Å². The van der Waals surface area contributed by atoms with Crippen LogP contribution in [0.5, 0.6) is 0 Å². The van der Waals surface area contributed by atoms with Crippen molar-refractivity contribution in [2.45, 2.75) is 44.2 Å². The van der Waals surface area contributed by atoms with Crippen molar-refractivity contribution in [3.05, 3.63) is 0 Å². The van der Waals surface area contributed by atoms with Crippen LogP contribution in [0, 0.1) is 5.92 Å². The number of carbonyl (C=O) groups is 3. The van der Waals surface area contributed by atoms with E-state index in [1.54, 1.807) is 4.90 Å². The van der Waals surface area contributed by atoms with Gasteiger partial charge < -0.3 is 20.4 Å². The van der Waals surface area contributed by atoms with Gasteiger partial charge >= 0.3 is 5.97 Å². The van der Waals surface area contributed by atoms with Crippen LogP contribution in [0.3, 0.4) is 0 Å². The Kier molecular flexibility index (Phi) is 4.59. The average molecular weight is 284 g/mol. The molecule has 2 aliphatic rings. The van der Waals surface area contributed by atoms with Crippen molar-refractivity contribution in [3.8, 4) is 0 Å². The minimum atomic E-state index is -1.61. The van der Waals surface area contributed by atoms with E-state index < -0.39 is 18.0 Å². The second kappa shape index (κ2) is 6.21. The Morgan fingerprint density at radius 2 is 2.00 bits per heavy atom. The minimum absolute atomic E-state index is 0.00386. The number of hydrogen-bond donors (Lipinski definition) is 3. The Balaban J connectivity index is 1.83. The van der Waals surface area contributed by atoms with Crippen LogP contribution >= 0.6 is 0 Å². The van der Waals surface area contributed by atoms with Crippen LogP contribution in [-0.4, -0.2) is 58.1 Å². The summed E-state index contributed by atoms with van der Waals surface area (Å²) in [6, 6.07) is 0.255. The van der Waals surface area contributed by atoms with Gasteiger partial charge in [-0.25, -0.2) is 4.79 Å². The maximum atomic E-state index is 11.9. The highest BCUT2D eigenvalue weighted by Gasteiger charge is 2.38. The monoisotopic (exact) mass is 284 g/mol. The Bertz CT molecular complexity index is 406. The Morgan fingerprint density at radius 3 is 2.60 bits per heavy atom. The lowest BCUT2D eigenvalue weighted by Crippen LogP contribution is -2.41. The fourth-order valence-corrected chi connectivity index (χ4v) is 2.91. The zero-order valence-electron chi connectivity index (χ0n) is 11.2. The van der Waals surface area contributed by atoms with Crippen LogP contribution < -0.4 is 5.32 Å². The predicted molar refractivity (Wildman–Crippen MR) is 68.7 cm³/mol. The zero-order chi connectivity index (χ0) is 14.7. The highest BCUT2D eigenvalue weighted by molar-refractivity contribution is 5.89. The SMILES string of the molecule is O=C(NC[C@H](O)C(=O)O)C1CC(=O)N(C2CCCC2)C1. The molecule has 0 aromatic carbocycles. The minimum Gasteiger partial charge on any atom is -0.479 e. The quantitative estimate of drug-likeness (QED) is 0.621. The van der Waals surface area contributed by atoms with Crippen LogP contribution in [0.25, 0.3) is 0 Å². The molecule has 1 aliphatic heterocycles. The lowest BCUT2D eigenvalue weighted by atomic mass is 10.1. The molecule has 7 nitrogen and oxygen atoms in total. The number of carboxylic acid groups (broad SMARTS) is 1. The number of likely N-dealkylation sites (tertiary alicyclic amines) is 1. The van der Waals surface area contributed by atoms with Crippen LogP contribution in [0.1, 0.15) is 32.1 Å². The number of hydrogen-bond acceptors (Lipinski definition) is 4. The molecule has 7 heteroatoms. The predicted octanol–water partition coefficient (Wildman–Crippen LogP) is -0.661. The maximum Gasteiger partial charge on any atom is 0.334 e. The lowest BCUT2D eigenvalue weighted by molar-refractivity contribution is -0.146. The van der Waals surface area contributed by atoms with Crippen molar-refractivity contribution in [2.24, 2.45) is 5.92 Å². The van der Waals surface area contributed by atoms with E-state index in [1.165, 1.54) is 0 Å². The fraction of sp³-hybridized carbons (Fsp3) is 0.769. The van der Waals surface area contributed by atoms with E-state index in [9.17, 15) is 14.4 Å². The molecule has 0 spiro atoms. The number of aliphatic hydroxyl groups excluding tert-OH is 1. The number of aliphatic hydroxyl groups is 1. The molecule has 2 rings (SSSR count). The summed E-state index contributed by atoms with van der Waals surface area (Å²) in [5.74, 6) is -2.18. The second-order valence-electron chi connectivity index (χ2n) is 5.48. The van der Waals surface area contributed by atoms with Gasteiger partial charge in [-0.15, -0.1) is 0 Å². The molecule has 0 aromatic rings. The molecule has 3 N–H and O–H groups in total. The molecule has 2 amide bonds. The number of carboxylic acids is 1. The molecule has 20 heavy (non-hydrogen) atoms. The van der Waals surface area contributed by atoms with E-state index in [0.717, 1.165) is 25.7 Å². The summed E-state index contributed by atoms with van der Waals surface area (Å²) in [6.07, 6.45) is 2.80. The van der Waals surface area contributed by atoms with Gasteiger partial charge in [-0.2, -0.15) is 0 Å². The first-order valence-electron chi connectivity index (χ1n) is 6.97. The van der Waals surface area contributed by atoms with Crippen molar-refractivity contribution in [2.75, 3.05) is 13.1 Å². The van der Waals surface area contributed by atoms with Crippen molar-refractivity contribution in [1.82, 2.24) is 10.2 Å². The molecule has 1 saturated heterocycles. The average Bonchev–Trinajstić information content (AvgIpc) is 3.03. The summed E-state index contributed by atoms with van der Waals surface area (Å²) >= 11 is 0. The van der Waals surface area contributed by atoms with Gasteiger partial charge in [0.1, 0.15) is 0 Å². The first-order valence-corrected chi connectivity index (χ1v) is 6.97. The lowest BCUT2D eigenvalue weighted by Gasteiger charge is -2.23. The summed E-state index contributed by atoms with van der Waals surface area (Å²) in [4.78, 5) is 36.0. The molecule has 1 saturated carbocycles. The van der Waals surface area contributed by atoms with Gasteiger partial charge in [-0.3, -0.25) is 9.59 Å². The Labute approximate surface area is 116 Å². The molecule has 2 atom stereocenters. The molecule has 1 unspecified atom stereocenters. The van der Waals surface area contributed by atoms with Crippen molar-refractivity contribution >= 4 is 17.8 Å². The second-order valence-corrected chi connectivity index (χ2v) is 5.48. The highest BCUT2D eigenvalue weighted by Crippen LogP contribution is 2.29. The van der Waals surface area contributed by atoms with Crippen LogP contribution in [-0.2, 0) is 14.4 Å². The van der Waals surface area contributed by atoms with E-state index in [4.69, 9.17) is 10.2 Å². The topological polar surface area (TPSA) is 107 Å². The summed E-state index contributed by atoms with van der Waals surface area (Å²) in [5.41, 5.74) is 0. The number of amides is 2. The van der Waals surface area contributed by atoms with E-state index in [2.05, 4.69) is 5.32 Å². The zero-order valence-corrected chi connectivity index (χ0v) is 11.2. The number of aliphatic carboxylic acids is 1. The van der Waals surface area contributed by atoms with E-state index in [0.29, 0.717) is 6.54 Å². The highest BCUT2D eigenvalue weighted by atomic mass is 16.4. The molecule has 1 heterocycles. The van der Waals surface area contributed by atoms with Gasteiger partial charge in [-0.05, 0) is 12.8 Å². The van der Waals surface area contributed by atoms with Crippen LogP contribution in [0.4, 0.5) is 0 Å². The van der Waals surface area contributed by atoms with Gasteiger partial charge in [-0.1, -0.05) is 12.8 Å². The fourth-order valence-electron chi connectivity index (χ4n) is 2.91. The molecule has 2 fully saturated rings. The third-order valence-corrected chi connectivity index (χ3v) is 4.05. The van der Waals surface area contributed by atoms with Crippen LogP contribution in [0.15, 0.2) is 0 Å². The smallest absolute Gasteiger partial charge is 0.334 e. The molecule has 0 bridgehead atoms. The molecule has 112 valence electrons. The molecular weight excluding hydrogens is 264 g/mol. The van der Waals surface area contributed by atoms with E-state index in [-0.39, 0.29) is 30.8 Å². The van der Waals surface area contributed by atoms with Gasteiger partial charge in [0.05, 0.1) is 12.5 Å². The number of nitrogens with one attached hydrogen (secondary N) is 1. The third-order valence-electron chi connectivity index (χ3n) is 4.05. The summed E-state index contributed by atoms with van der Waals surface area (Å²) in [6.45, 7) is 0.0702. The van der Waals surface area contributed by atoms with Gasteiger partial charge in [0, 0.05) is 19.0 Å². The van der Waals surface area contributed by atoms with Gasteiger partial charge in [0.2, 0.25) is 11.8 Å². The molecule has 0 aromatic heterocycles. The van der Waals surface area contributed by atoms with Crippen LogP contribution in [0.2, 0.25) is 0 Å². The molecular formula is C13H20N2O5. The Morgan fingerprint density at radius 1 is 1.35 bits per heavy atom. The summed E-state index contributed by atoms with van der Waals surface area (Å²) in [5, 5.41) is 20.0. The van der Waals surface area contributed by atoms with E-state index >= 15 is 0 Å². The summed E-state index contributed by atoms with van der Waals surface area (Å²) in [7, 11) is 0. The standard InChI is InChI=1S/C13H20N2O5/c16-10(13(19)20)6-14-12(18)8-5-11(17)15(7-8)9-3-1-2-4-9/h8-10,16H,1-7H2,(H,14,18)(H,19,20)/t8?,10-/m0/s1. The molecule has 1 aliphatic carbocycles. The summed E-state index contributed by atoms with van der Waals surface area (Å²) < 4.78 is 0. The largest absolute Gasteiger partial charge is 0.479 e. The first-order chi connectivity index (χ1) is 9.49. The van der Waals surface area contributed by atoms with Crippen molar-refractivity contribution in [3.63, 3.8) is 0 Å². The van der Waals surface area contributed by atoms with Crippen molar-refractivity contribution in [1.29, 1.82) is 0 Å². The third kappa shape index (κ3) is 3.27. The van der Waals surface area contributed by atoms with Gasteiger partial charge in [0.25, 0.3) is 0 Å². The normalized spacial score (nSPS) is 24.9. The number of carbonyl (C=O) groups excluding carboxylic acids is 2. The van der Waals surface area contributed by atoms with Crippen molar-refractivity contribution < 1.29 is 24.6 Å². The number of nitrogens with zero attached hydrogens (tertiary/aromatic N) is 1. The van der Waals surface area contributed by atoms with Gasteiger partial charge in [0.15, 0.2) is 6.10 Å². The first kappa shape index (κ1) is 14.8. The Hall–Kier alpha value is -1.63. The maximum absolute atomic E-state index is 11.9. The number of rotatable bonds is 5.